The van der Waals surface area contributed by atoms with Crippen molar-refractivity contribution in [3.63, 3.8) is 0 Å². The Hall–Kier alpha value is -2.99. The van der Waals surface area contributed by atoms with Gasteiger partial charge in [0.15, 0.2) is 0 Å². The van der Waals surface area contributed by atoms with Gasteiger partial charge in [0.05, 0.1) is 24.0 Å². The number of pyridine rings is 1. The highest BCUT2D eigenvalue weighted by Gasteiger charge is 2.21. The zero-order valence-corrected chi connectivity index (χ0v) is 15.4. The summed E-state index contributed by atoms with van der Waals surface area (Å²) in [6.45, 7) is 0.396. The first-order valence-corrected chi connectivity index (χ1v) is 9.75. The Bertz CT molecular complexity index is 1210. The molecule has 0 bridgehead atoms. The number of rotatable bonds is 3. The molecule has 0 aliphatic heterocycles. The van der Waals surface area contributed by atoms with Crippen LogP contribution in [0.25, 0.3) is 21.3 Å². The van der Waals surface area contributed by atoms with Crippen LogP contribution < -0.4 is 5.56 Å². The molecule has 1 aliphatic carbocycles. The summed E-state index contributed by atoms with van der Waals surface area (Å²) in [7, 11) is 0. The number of phenols is 1. The van der Waals surface area contributed by atoms with Crippen molar-refractivity contribution in [2.24, 2.45) is 0 Å². The van der Waals surface area contributed by atoms with E-state index in [2.05, 4.69) is 9.97 Å². The van der Waals surface area contributed by atoms with Crippen molar-refractivity contribution in [1.82, 2.24) is 14.5 Å². The number of hydrogen-bond acceptors (Lipinski definition) is 5. The van der Waals surface area contributed by atoms with E-state index in [-0.39, 0.29) is 11.3 Å². The van der Waals surface area contributed by atoms with Gasteiger partial charge in [-0.25, -0.2) is 4.98 Å². The zero-order chi connectivity index (χ0) is 18.4. The lowest BCUT2D eigenvalue weighted by Gasteiger charge is -2.07. The van der Waals surface area contributed by atoms with Gasteiger partial charge in [0.2, 0.25) is 0 Å². The molecule has 27 heavy (non-hydrogen) atoms. The highest BCUT2D eigenvalue weighted by atomic mass is 32.1. The van der Waals surface area contributed by atoms with Gasteiger partial charge in [-0.15, -0.1) is 11.3 Å². The SMILES string of the molecule is O=c1c2c3c(sc2ncn1Cc1ccc(-c2cccc(O)c2)cn1)CCC3. The normalized spacial score (nSPS) is 13.2. The van der Waals surface area contributed by atoms with Crippen LogP contribution in [-0.4, -0.2) is 19.6 Å². The second-order valence-electron chi connectivity index (χ2n) is 6.80. The van der Waals surface area contributed by atoms with Crippen LogP contribution in [0.1, 0.15) is 22.6 Å². The van der Waals surface area contributed by atoms with Gasteiger partial charge in [-0.05, 0) is 48.6 Å². The van der Waals surface area contributed by atoms with Crippen molar-refractivity contribution in [1.29, 1.82) is 0 Å². The van der Waals surface area contributed by atoms with Crippen LogP contribution in [0.4, 0.5) is 0 Å². The third-order valence-corrected chi connectivity index (χ3v) is 6.23. The van der Waals surface area contributed by atoms with Crippen molar-refractivity contribution in [3.8, 4) is 16.9 Å². The van der Waals surface area contributed by atoms with Crippen molar-refractivity contribution in [2.45, 2.75) is 25.8 Å². The molecule has 1 aromatic carbocycles. The number of nitrogens with zero attached hydrogens (tertiary/aromatic N) is 3. The molecule has 4 aromatic rings. The molecule has 1 N–H and O–H groups in total. The fourth-order valence-corrected chi connectivity index (χ4v) is 4.90. The minimum Gasteiger partial charge on any atom is -0.508 e. The number of thiophene rings is 1. The Morgan fingerprint density at radius 1 is 1.11 bits per heavy atom. The molecule has 0 saturated heterocycles. The van der Waals surface area contributed by atoms with Gasteiger partial charge in [-0.2, -0.15) is 0 Å². The van der Waals surface area contributed by atoms with Gasteiger partial charge in [0.25, 0.3) is 5.56 Å². The third kappa shape index (κ3) is 2.82. The fraction of sp³-hybridized carbons (Fsp3) is 0.190. The van der Waals surface area contributed by atoms with E-state index in [1.54, 1.807) is 46.6 Å². The molecule has 0 amide bonds. The number of aromatic hydroxyl groups is 1. The van der Waals surface area contributed by atoms with E-state index in [4.69, 9.17) is 0 Å². The average molecular weight is 375 g/mol. The summed E-state index contributed by atoms with van der Waals surface area (Å²) in [4.78, 5) is 24.1. The molecule has 0 spiro atoms. The Morgan fingerprint density at radius 2 is 2.04 bits per heavy atom. The topological polar surface area (TPSA) is 68.0 Å². The number of aryl methyl sites for hydroxylation is 2. The van der Waals surface area contributed by atoms with Gasteiger partial charge in [0.1, 0.15) is 10.6 Å². The quantitative estimate of drug-likeness (QED) is 0.592. The van der Waals surface area contributed by atoms with Crippen molar-refractivity contribution in [2.75, 3.05) is 0 Å². The third-order valence-electron chi connectivity index (χ3n) is 5.03. The molecule has 1 aliphatic rings. The smallest absolute Gasteiger partial charge is 0.262 e. The number of fused-ring (bicyclic) bond motifs is 3. The highest BCUT2D eigenvalue weighted by molar-refractivity contribution is 7.18. The summed E-state index contributed by atoms with van der Waals surface area (Å²) >= 11 is 1.66. The number of hydrogen-bond donors (Lipinski definition) is 1. The van der Waals surface area contributed by atoms with Crippen LogP contribution in [-0.2, 0) is 19.4 Å². The lowest BCUT2D eigenvalue weighted by atomic mass is 10.1. The molecular formula is C21H17N3O2S. The fourth-order valence-electron chi connectivity index (χ4n) is 3.68. The van der Waals surface area contributed by atoms with Crippen molar-refractivity contribution < 1.29 is 5.11 Å². The van der Waals surface area contributed by atoms with Crippen molar-refractivity contribution >= 4 is 21.6 Å². The molecule has 0 radical (unpaired) electrons. The lowest BCUT2D eigenvalue weighted by molar-refractivity contribution is 0.475. The first kappa shape index (κ1) is 16.2. The van der Waals surface area contributed by atoms with Gasteiger partial charge in [-0.1, -0.05) is 18.2 Å². The summed E-state index contributed by atoms with van der Waals surface area (Å²) in [6, 6.07) is 10.9. The van der Waals surface area contributed by atoms with Gasteiger partial charge < -0.3 is 5.11 Å². The molecule has 3 aromatic heterocycles. The Morgan fingerprint density at radius 3 is 2.85 bits per heavy atom. The predicted octanol–water partition coefficient (Wildman–Crippen LogP) is 3.76. The summed E-state index contributed by atoms with van der Waals surface area (Å²) < 4.78 is 1.64. The van der Waals surface area contributed by atoms with Crippen LogP contribution >= 0.6 is 11.3 Å². The van der Waals surface area contributed by atoms with E-state index in [0.717, 1.165) is 46.3 Å². The van der Waals surface area contributed by atoms with E-state index in [1.165, 1.54) is 10.4 Å². The first-order chi connectivity index (χ1) is 13.2. The Labute approximate surface area is 159 Å². The molecule has 5 nitrogen and oxygen atoms in total. The lowest BCUT2D eigenvalue weighted by Crippen LogP contribution is -2.21. The number of benzene rings is 1. The maximum absolute atomic E-state index is 13.0. The summed E-state index contributed by atoms with van der Waals surface area (Å²) in [6.07, 6.45) is 6.56. The van der Waals surface area contributed by atoms with Crippen molar-refractivity contribution in [3.05, 3.63) is 75.4 Å². The maximum atomic E-state index is 13.0. The summed E-state index contributed by atoms with van der Waals surface area (Å²) in [5.74, 6) is 0.228. The van der Waals surface area contributed by atoms with E-state index >= 15 is 0 Å². The molecule has 3 heterocycles. The summed E-state index contributed by atoms with van der Waals surface area (Å²) in [5, 5.41) is 10.4. The molecule has 0 unspecified atom stereocenters. The largest absolute Gasteiger partial charge is 0.508 e. The van der Waals surface area contributed by atoms with Crippen LogP contribution in [0.2, 0.25) is 0 Å². The maximum Gasteiger partial charge on any atom is 0.262 e. The molecule has 0 atom stereocenters. The average Bonchev–Trinajstić information content (AvgIpc) is 3.26. The second-order valence-corrected chi connectivity index (χ2v) is 7.89. The summed E-state index contributed by atoms with van der Waals surface area (Å²) in [5.41, 5.74) is 3.86. The first-order valence-electron chi connectivity index (χ1n) is 8.93. The van der Waals surface area contributed by atoms with E-state index in [9.17, 15) is 9.90 Å². The Kier molecular flexibility index (Phi) is 3.79. The van der Waals surface area contributed by atoms with E-state index in [0.29, 0.717) is 6.54 Å². The predicted molar refractivity (Wildman–Crippen MR) is 106 cm³/mol. The Balaban J connectivity index is 1.47. The van der Waals surface area contributed by atoms with E-state index < -0.39 is 0 Å². The molecule has 0 saturated carbocycles. The molecule has 134 valence electrons. The molecule has 5 rings (SSSR count). The standard InChI is InChI=1S/C21H17N3O2S/c25-16-4-1-3-13(9-16)14-7-8-15(22-10-14)11-24-12-23-20-19(21(24)26)17-5-2-6-18(17)27-20/h1,3-4,7-10,12,25H,2,5-6,11H2. The molecule has 6 heteroatoms. The van der Waals surface area contributed by atoms with E-state index in [1.807, 2.05) is 18.2 Å². The highest BCUT2D eigenvalue weighted by Crippen LogP contribution is 2.34. The second kappa shape index (κ2) is 6.32. The zero-order valence-electron chi connectivity index (χ0n) is 14.6. The van der Waals surface area contributed by atoms with Crippen LogP contribution in [0.15, 0.2) is 53.7 Å². The van der Waals surface area contributed by atoms with Crippen LogP contribution in [0, 0.1) is 0 Å². The van der Waals surface area contributed by atoms with Crippen LogP contribution in [0.3, 0.4) is 0 Å². The molecule has 0 fully saturated rings. The van der Waals surface area contributed by atoms with Crippen LogP contribution in [0.5, 0.6) is 5.75 Å². The number of aromatic nitrogens is 3. The monoisotopic (exact) mass is 375 g/mol. The minimum absolute atomic E-state index is 0.0262. The van der Waals surface area contributed by atoms with Gasteiger partial charge in [0, 0.05) is 16.6 Å². The minimum atomic E-state index is 0.0262. The van der Waals surface area contributed by atoms with Gasteiger partial charge in [-0.3, -0.25) is 14.3 Å². The number of phenolic OH excluding ortho intramolecular Hbond substituents is 1. The van der Waals surface area contributed by atoms with Gasteiger partial charge >= 0.3 is 0 Å². The molecular weight excluding hydrogens is 358 g/mol.